The molecular formula is C27H29F2N5O3S. The Morgan fingerprint density at radius 1 is 1.00 bits per heavy atom. The molecule has 2 N–H and O–H groups in total. The predicted molar refractivity (Wildman–Crippen MR) is 146 cm³/mol. The van der Waals surface area contributed by atoms with Gasteiger partial charge in [-0.3, -0.25) is 9.52 Å². The van der Waals surface area contributed by atoms with Crippen molar-refractivity contribution in [3.8, 4) is 11.1 Å². The zero-order valence-electron chi connectivity index (χ0n) is 21.5. The van der Waals surface area contributed by atoms with Crippen LogP contribution in [0.25, 0.3) is 22.2 Å². The second-order valence-electron chi connectivity index (χ2n) is 8.68. The van der Waals surface area contributed by atoms with Crippen LogP contribution in [0.5, 0.6) is 0 Å². The van der Waals surface area contributed by atoms with Crippen molar-refractivity contribution in [2.24, 2.45) is 0 Å². The van der Waals surface area contributed by atoms with E-state index in [9.17, 15) is 17.6 Å². The molecule has 8 nitrogen and oxygen atoms in total. The summed E-state index contributed by atoms with van der Waals surface area (Å²) in [6, 6.07) is 11.4. The molecule has 0 atom stereocenters. The SMILES string of the molecule is CCN(CC)c1ccc(-c2cnc3[nH]cc(C(=O)c4c(F)ccc(NS(=O)(=O)N(C)CC)c4F)c3c2)cc1. The second-order valence-corrected chi connectivity index (χ2v) is 10.5. The first-order valence-corrected chi connectivity index (χ1v) is 13.6. The van der Waals surface area contributed by atoms with Crippen LogP contribution in [-0.2, 0) is 10.2 Å². The minimum Gasteiger partial charge on any atom is -0.372 e. The molecule has 0 aliphatic rings. The summed E-state index contributed by atoms with van der Waals surface area (Å²) in [5.41, 5.74) is 1.67. The molecule has 4 aromatic rings. The summed E-state index contributed by atoms with van der Waals surface area (Å²) in [5.74, 6) is -3.34. The van der Waals surface area contributed by atoms with E-state index in [1.807, 2.05) is 24.3 Å². The number of halogens is 2. The van der Waals surface area contributed by atoms with E-state index in [2.05, 4.69) is 33.4 Å². The van der Waals surface area contributed by atoms with Gasteiger partial charge in [0.2, 0.25) is 5.78 Å². The van der Waals surface area contributed by atoms with Gasteiger partial charge < -0.3 is 9.88 Å². The van der Waals surface area contributed by atoms with Crippen molar-refractivity contribution in [1.82, 2.24) is 14.3 Å². The van der Waals surface area contributed by atoms with Gasteiger partial charge >= 0.3 is 10.2 Å². The maximum atomic E-state index is 15.3. The maximum absolute atomic E-state index is 15.3. The minimum absolute atomic E-state index is 0.0117. The van der Waals surface area contributed by atoms with Gasteiger partial charge in [0.1, 0.15) is 11.5 Å². The van der Waals surface area contributed by atoms with Crippen LogP contribution in [0, 0.1) is 11.6 Å². The molecule has 0 fully saturated rings. The smallest absolute Gasteiger partial charge is 0.301 e. The van der Waals surface area contributed by atoms with Gasteiger partial charge in [-0.15, -0.1) is 0 Å². The molecule has 0 aliphatic carbocycles. The van der Waals surface area contributed by atoms with E-state index in [0.717, 1.165) is 46.3 Å². The van der Waals surface area contributed by atoms with Crippen LogP contribution in [0.2, 0.25) is 0 Å². The number of pyridine rings is 1. The molecule has 0 radical (unpaired) electrons. The second kappa shape index (κ2) is 10.9. The van der Waals surface area contributed by atoms with E-state index >= 15 is 4.39 Å². The number of hydrogen-bond acceptors (Lipinski definition) is 5. The third kappa shape index (κ3) is 5.11. The fourth-order valence-electron chi connectivity index (χ4n) is 4.16. The molecular weight excluding hydrogens is 512 g/mol. The molecule has 0 bridgehead atoms. The highest BCUT2D eigenvalue weighted by Crippen LogP contribution is 2.30. The molecule has 0 aliphatic heterocycles. The summed E-state index contributed by atoms with van der Waals surface area (Å²) in [4.78, 5) is 22.8. The van der Waals surface area contributed by atoms with Crippen molar-refractivity contribution in [3.05, 3.63) is 77.6 Å². The number of carbonyl (C=O) groups is 1. The summed E-state index contributed by atoms with van der Waals surface area (Å²) < 4.78 is 57.9. The van der Waals surface area contributed by atoms with Gasteiger partial charge in [-0.2, -0.15) is 12.7 Å². The molecule has 2 aromatic heterocycles. The lowest BCUT2D eigenvalue weighted by Crippen LogP contribution is -2.32. The largest absolute Gasteiger partial charge is 0.372 e. The van der Waals surface area contributed by atoms with Crippen LogP contribution in [0.1, 0.15) is 36.7 Å². The standard InChI is InChI=1S/C27H29F2N5O3S/c1-5-33(4)38(36,37)32-23-13-12-22(28)24(25(23)29)26(35)21-16-31-27-20(21)14-18(15-30-27)17-8-10-19(11-9-17)34(6-2)7-3/h8-16,32H,5-7H2,1-4H3,(H,30,31). The number of nitrogens with zero attached hydrogens (tertiary/aromatic N) is 3. The molecule has 0 spiro atoms. The highest BCUT2D eigenvalue weighted by molar-refractivity contribution is 7.90. The monoisotopic (exact) mass is 541 g/mol. The first-order valence-electron chi connectivity index (χ1n) is 12.2. The quantitative estimate of drug-likeness (QED) is 0.269. The summed E-state index contributed by atoms with van der Waals surface area (Å²) in [6.45, 7) is 7.66. The number of carbonyl (C=O) groups excluding carboxylic acids is 1. The Morgan fingerprint density at radius 2 is 1.68 bits per heavy atom. The number of hydrogen-bond donors (Lipinski definition) is 2. The molecule has 0 saturated carbocycles. The molecule has 4 rings (SSSR count). The van der Waals surface area contributed by atoms with Gasteiger partial charge in [0.05, 0.1) is 11.3 Å². The molecule has 0 saturated heterocycles. The minimum atomic E-state index is -4.09. The van der Waals surface area contributed by atoms with Gasteiger partial charge in [0.15, 0.2) is 5.82 Å². The normalized spacial score (nSPS) is 11.8. The number of ketones is 1. The molecule has 38 heavy (non-hydrogen) atoms. The zero-order chi connectivity index (χ0) is 27.6. The van der Waals surface area contributed by atoms with Crippen molar-refractivity contribution in [2.45, 2.75) is 20.8 Å². The van der Waals surface area contributed by atoms with Crippen LogP contribution in [-0.4, -0.2) is 55.2 Å². The lowest BCUT2D eigenvalue weighted by atomic mass is 9.99. The van der Waals surface area contributed by atoms with Crippen molar-refractivity contribution in [3.63, 3.8) is 0 Å². The number of aromatic amines is 1. The average Bonchev–Trinajstić information content (AvgIpc) is 3.34. The van der Waals surface area contributed by atoms with E-state index in [4.69, 9.17) is 0 Å². The Kier molecular flexibility index (Phi) is 7.79. The van der Waals surface area contributed by atoms with Crippen LogP contribution in [0.15, 0.2) is 54.9 Å². The van der Waals surface area contributed by atoms with Crippen LogP contribution < -0.4 is 9.62 Å². The molecule has 11 heteroatoms. The predicted octanol–water partition coefficient (Wildman–Crippen LogP) is 5.19. The van der Waals surface area contributed by atoms with Gasteiger partial charge in [-0.25, -0.2) is 13.8 Å². The van der Waals surface area contributed by atoms with E-state index < -0.39 is 38.9 Å². The molecule has 0 unspecified atom stereocenters. The Labute approximate surface area is 220 Å². The highest BCUT2D eigenvalue weighted by Gasteiger charge is 2.27. The number of nitrogens with one attached hydrogen (secondary N) is 2. The van der Waals surface area contributed by atoms with Crippen LogP contribution >= 0.6 is 0 Å². The van der Waals surface area contributed by atoms with Gasteiger partial charge in [0, 0.05) is 61.3 Å². The van der Waals surface area contributed by atoms with Crippen LogP contribution in [0.3, 0.4) is 0 Å². The highest BCUT2D eigenvalue weighted by atomic mass is 32.2. The van der Waals surface area contributed by atoms with Crippen molar-refractivity contribution < 1.29 is 22.0 Å². The lowest BCUT2D eigenvalue weighted by molar-refractivity contribution is 0.103. The summed E-state index contributed by atoms with van der Waals surface area (Å²) >= 11 is 0. The van der Waals surface area contributed by atoms with Gasteiger partial charge in [0.25, 0.3) is 0 Å². The maximum Gasteiger partial charge on any atom is 0.301 e. The third-order valence-electron chi connectivity index (χ3n) is 6.52. The number of fused-ring (bicyclic) bond motifs is 1. The third-order valence-corrected chi connectivity index (χ3v) is 8.07. The van der Waals surface area contributed by atoms with Gasteiger partial charge in [-0.05, 0) is 49.7 Å². The Hall–Kier alpha value is -3.83. The molecule has 200 valence electrons. The van der Waals surface area contributed by atoms with E-state index in [-0.39, 0.29) is 12.1 Å². The molecule has 2 aromatic carbocycles. The Bertz CT molecular complexity index is 1580. The van der Waals surface area contributed by atoms with E-state index in [0.29, 0.717) is 11.0 Å². The Balaban J connectivity index is 1.72. The summed E-state index contributed by atoms with van der Waals surface area (Å²) in [7, 11) is -2.78. The lowest BCUT2D eigenvalue weighted by Gasteiger charge is -2.21. The van der Waals surface area contributed by atoms with E-state index in [1.165, 1.54) is 13.2 Å². The van der Waals surface area contributed by atoms with Crippen molar-refractivity contribution in [1.29, 1.82) is 0 Å². The van der Waals surface area contributed by atoms with E-state index in [1.54, 1.807) is 19.2 Å². The number of aromatic nitrogens is 2. The number of benzene rings is 2. The summed E-state index contributed by atoms with van der Waals surface area (Å²) in [6.07, 6.45) is 2.99. The first kappa shape index (κ1) is 27.2. The summed E-state index contributed by atoms with van der Waals surface area (Å²) in [5, 5.41) is 0.385. The number of anilines is 2. The van der Waals surface area contributed by atoms with Gasteiger partial charge in [-0.1, -0.05) is 19.1 Å². The first-order chi connectivity index (χ1) is 18.1. The fraction of sp³-hybridized carbons (Fsp3) is 0.259. The number of H-pyrrole nitrogens is 1. The molecule has 0 amide bonds. The van der Waals surface area contributed by atoms with Crippen LogP contribution in [0.4, 0.5) is 20.2 Å². The topological polar surface area (TPSA) is 98.4 Å². The molecule has 2 heterocycles. The zero-order valence-corrected chi connectivity index (χ0v) is 22.4. The Morgan fingerprint density at radius 3 is 2.32 bits per heavy atom. The fourth-order valence-corrected chi connectivity index (χ4v) is 5.09. The van der Waals surface area contributed by atoms with Crippen molar-refractivity contribution in [2.75, 3.05) is 36.3 Å². The average molecular weight is 542 g/mol. The number of rotatable bonds is 10. The van der Waals surface area contributed by atoms with Crippen molar-refractivity contribution >= 4 is 38.4 Å².